The van der Waals surface area contributed by atoms with Crippen molar-refractivity contribution in [2.75, 3.05) is 13.7 Å². The van der Waals surface area contributed by atoms with E-state index < -0.39 is 11.5 Å². The monoisotopic (exact) mass is 293 g/mol. The van der Waals surface area contributed by atoms with Gasteiger partial charge in [0.05, 0.1) is 6.61 Å². The Morgan fingerprint density at radius 1 is 1.43 bits per heavy atom. The minimum atomic E-state index is -0.844. The summed E-state index contributed by atoms with van der Waals surface area (Å²) < 4.78 is 5.74. The Bertz CT molecular complexity index is 453. The van der Waals surface area contributed by atoms with Gasteiger partial charge in [-0.15, -0.1) is 0 Å². The minimum absolute atomic E-state index is 0.470. The standard InChI is InChI=1S/C17H27NO3/c1-5-17(18-4,16(19)20)10-7-11-21-15-9-6-8-14(12-15)13(2)3/h6,8-9,12-13,18H,5,7,10-11H2,1-4H3,(H,19,20). The van der Waals surface area contributed by atoms with E-state index >= 15 is 0 Å². The predicted octanol–water partition coefficient (Wildman–Crippen LogP) is 3.42. The fourth-order valence-electron chi connectivity index (χ4n) is 2.37. The summed E-state index contributed by atoms with van der Waals surface area (Å²) >= 11 is 0. The van der Waals surface area contributed by atoms with Crippen LogP contribution in [0.3, 0.4) is 0 Å². The molecular weight excluding hydrogens is 266 g/mol. The Kier molecular flexibility index (Phi) is 6.69. The second-order valence-electron chi connectivity index (χ2n) is 5.67. The molecule has 1 aromatic rings. The number of hydrogen-bond acceptors (Lipinski definition) is 3. The maximum Gasteiger partial charge on any atom is 0.323 e. The van der Waals surface area contributed by atoms with Crippen molar-refractivity contribution in [2.24, 2.45) is 0 Å². The first-order valence-electron chi connectivity index (χ1n) is 7.60. The maximum atomic E-state index is 11.4. The lowest BCUT2D eigenvalue weighted by molar-refractivity contribution is -0.145. The van der Waals surface area contributed by atoms with Crippen molar-refractivity contribution in [3.8, 4) is 5.75 Å². The number of nitrogens with one attached hydrogen (secondary N) is 1. The molecule has 1 aromatic carbocycles. The Morgan fingerprint density at radius 2 is 2.14 bits per heavy atom. The van der Waals surface area contributed by atoms with Crippen LogP contribution in [0, 0.1) is 0 Å². The van der Waals surface area contributed by atoms with E-state index in [0.29, 0.717) is 31.8 Å². The summed E-state index contributed by atoms with van der Waals surface area (Å²) in [5.74, 6) is 0.523. The van der Waals surface area contributed by atoms with Gasteiger partial charge >= 0.3 is 5.97 Å². The zero-order valence-corrected chi connectivity index (χ0v) is 13.5. The first kappa shape index (κ1) is 17.5. The second-order valence-corrected chi connectivity index (χ2v) is 5.67. The largest absolute Gasteiger partial charge is 0.494 e. The van der Waals surface area contributed by atoms with Crippen LogP contribution < -0.4 is 10.1 Å². The first-order valence-corrected chi connectivity index (χ1v) is 7.60. The maximum absolute atomic E-state index is 11.4. The van der Waals surface area contributed by atoms with Gasteiger partial charge in [0.25, 0.3) is 0 Å². The Hall–Kier alpha value is -1.55. The number of rotatable bonds is 9. The average molecular weight is 293 g/mol. The highest BCUT2D eigenvalue weighted by Crippen LogP contribution is 2.21. The molecule has 4 heteroatoms. The molecular formula is C17H27NO3. The number of ether oxygens (including phenoxy) is 1. The molecule has 118 valence electrons. The highest BCUT2D eigenvalue weighted by Gasteiger charge is 2.34. The van der Waals surface area contributed by atoms with Crippen molar-refractivity contribution in [3.05, 3.63) is 29.8 Å². The van der Waals surface area contributed by atoms with Crippen LogP contribution in [0.1, 0.15) is 51.5 Å². The van der Waals surface area contributed by atoms with Gasteiger partial charge in [-0.3, -0.25) is 4.79 Å². The van der Waals surface area contributed by atoms with Gasteiger partial charge in [-0.05, 0) is 49.9 Å². The van der Waals surface area contributed by atoms with Crippen LogP contribution in [0.4, 0.5) is 0 Å². The third-order valence-corrected chi connectivity index (χ3v) is 4.03. The fourth-order valence-corrected chi connectivity index (χ4v) is 2.37. The first-order chi connectivity index (χ1) is 9.95. The van der Waals surface area contributed by atoms with E-state index in [1.54, 1.807) is 7.05 Å². The van der Waals surface area contributed by atoms with Gasteiger partial charge in [0, 0.05) is 0 Å². The molecule has 0 aromatic heterocycles. The number of aliphatic carboxylic acids is 1. The van der Waals surface area contributed by atoms with Crippen LogP contribution in [-0.4, -0.2) is 30.3 Å². The molecule has 0 aliphatic heterocycles. The molecule has 0 saturated heterocycles. The molecule has 4 nitrogen and oxygen atoms in total. The van der Waals surface area contributed by atoms with Crippen LogP contribution >= 0.6 is 0 Å². The molecule has 2 N–H and O–H groups in total. The van der Waals surface area contributed by atoms with Crippen LogP contribution in [0.25, 0.3) is 0 Å². The molecule has 0 aliphatic rings. The lowest BCUT2D eigenvalue weighted by atomic mass is 9.91. The number of carboxylic acids is 1. The van der Waals surface area contributed by atoms with Crippen molar-refractivity contribution in [1.82, 2.24) is 5.32 Å². The molecule has 1 unspecified atom stereocenters. The summed E-state index contributed by atoms with van der Waals surface area (Å²) in [4.78, 5) is 11.4. The molecule has 0 saturated carbocycles. The Balaban J connectivity index is 2.50. The summed E-state index contributed by atoms with van der Waals surface area (Å²) in [6.07, 6.45) is 1.81. The van der Waals surface area contributed by atoms with E-state index in [4.69, 9.17) is 4.74 Å². The van der Waals surface area contributed by atoms with Crippen LogP contribution in [-0.2, 0) is 4.79 Å². The second kappa shape index (κ2) is 8.03. The number of benzene rings is 1. The Morgan fingerprint density at radius 3 is 2.67 bits per heavy atom. The molecule has 1 rings (SSSR count). The molecule has 0 amide bonds. The molecule has 0 heterocycles. The van der Waals surface area contributed by atoms with Crippen molar-refractivity contribution in [3.63, 3.8) is 0 Å². The number of likely N-dealkylation sites (N-methyl/N-ethyl adjacent to an activating group) is 1. The molecule has 21 heavy (non-hydrogen) atoms. The normalized spacial score (nSPS) is 14.0. The predicted molar refractivity (Wildman–Crippen MR) is 85.0 cm³/mol. The van der Waals surface area contributed by atoms with Gasteiger partial charge in [-0.2, -0.15) is 0 Å². The number of hydrogen-bond donors (Lipinski definition) is 2. The fraction of sp³-hybridized carbons (Fsp3) is 0.588. The van der Waals surface area contributed by atoms with E-state index in [1.807, 2.05) is 25.1 Å². The lowest BCUT2D eigenvalue weighted by Gasteiger charge is -2.27. The average Bonchev–Trinajstić information content (AvgIpc) is 2.48. The van der Waals surface area contributed by atoms with Gasteiger partial charge in [-0.25, -0.2) is 0 Å². The highest BCUT2D eigenvalue weighted by atomic mass is 16.5. The summed E-state index contributed by atoms with van der Waals surface area (Å²) in [7, 11) is 1.70. The molecule has 0 aliphatic carbocycles. The van der Waals surface area contributed by atoms with Gasteiger partial charge in [0.2, 0.25) is 0 Å². The molecule has 0 fully saturated rings. The van der Waals surface area contributed by atoms with E-state index in [-0.39, 0.29) is 0 Å². The SMILES string of the molecule is CCC(CCCOc1cccc(C(C)C)c1)(NC)C(=O)O. The zero-order valence-electron chi connectivity index (χ0n) is 13.5. The quantitative estimate of drug-likeness (QED) is 0.685. The summed E-state index contributed by atoms with van der Waals surface area (Å²) in [6.45, 7) is 6.71. The summed E-state index contributed by atoms with van der Waals surface area (Å²) in [5.41, 5.74) is 0.402. The van der Waals surface area contributed by atoms with E-state index in [9.17, 15) is 9.90 Å². The third-order valence-electron chi connectivity index (χ3n) is 4.03. The van der Waals surface area contributed by atoms with Gasteiger partial charge in [-0.1, -0.05) is 32.9 Å². The van der Waals surface area contributed by atoms with E-state index in [2.05, 4.69) is 25.2 Å². The highest BCUT2D eigenvalue weighted by molar-refractivity contribution is 5.78. The lowest BCUT2D eigenvalue weighted by Crippen LogP contribution is -2.50. The summed E-state index contributed by atoms with van der Waals surface area (Å²) in [5, 5.41) is 12.3. The van der Waals surface area contributed by atoms with E-state index in [0.717, 1.165) is 5.75 Å². The molecule has 0 spiro atoms. The third kappa shape index (κ3) is 4.74. The van der Waals surface area contributed by atoms with Crippen molar-refractivity contribution in [2.45, 2.75) is 51.5 Å². The zero-order chi connectivity index (χ0) is 15.9. The van der Waals surface area contributed by atoms with Crippen LogP contribution in [0.5, 0.6) is 5.75 Å². The molecule has 0 radical (unpaired) electrons. The van der Waals surface area contributed by atoms with Crippen molar-refractivity contribution < 1.29 is 14.6 Å². The minimum Gasteiger partial charge on any atom is -0.494 e. The Labute approximate surface area is 127 Å². The number of carbonyl (C=O) groups is 1. The molecule has 0 bridgehead atoms. The smallest absolute Gasteiger partial charge is 0.323 e. The number of carboxylic acid groups (broad SMARTS) is 1. The van der Waals surface area contributed by atoms with Crippen molar-refractivity contribution in [1.29, 1.82) is 0 Å². The molecule has 1 atom stereocenters. The van der Waals surface area contributed by atoms with E-state index in [1.165, 1.54) is 5.56 Å². The van der Waals surface area contributed by atoms with Crippen LogP contribution in [0.2, 0.25) is 0 Å². The van der Waals surface area contributed by atoms with Crippen molar-refractivity contribution >= 4 is 5.97 Å². The van der Waals surface area contributed by atoms with Gasteiger partial charge in [0.1, 0.15) is 11.3 Å². The summed E-state index contributed by atoms with van der Waals surface area (Å²) in [6, 6.07) is 8.07. The van der Waals surface area contributed by atoms with Crippen LogP contribution in [0.15, 0.2) is 24.3 Å². The topological polar surface area (TPSA) is 58.6 Å². The van der Waals surface area contributed by atoms with Gasteiger partial charge in [0.15, 0.2) is 0 Å². The van der Waals surface area contributed by atoms with Gasteiger partial charge < -0.3 is 15.2 Å².